The molecule has 35 heavy (non-hydrogen) atoms. The zero-order valence-electron chi connectivity index (χ0n) is 20.2. The Morgan fingerprint density at radius 1 is 1.26 bits per heavy atom. The fraction of sp³-hybridized carbons (Fsp3) is 0.542. The van der Waals surface area contributed by atoms with Crippen LogP contribution in [-0.2, 0) is 9.48 Å². The lowest BCUT2D eigenvalue weighted by atomic mass is 9.81. The molecule has 192 valence electrons. The maximum Gasteiger partial charge on any atom is 0.170 e. The quantitative estimate of drug-likeness (QED) is 0.259. The van der Waals surface area contributed by atoms with Crippen LogP contribution in [0.2, 0.25) is 0 Å². The zero-order valence-corrected chi connectivity index (χ0v) is 21.9. The Hall–Kier alpha value is -2.02. The largest absolute Gasteiger partial charge is 0.396 e. The average molecular weight is 522 g/mol. The smallest absolute Gasteiger partial charge is 0.170 e. The Morgan fingerprint density at radius 3 is 2.60 bits per heavy atom. The molecule has 5 N–H and O–H groups in total. The Kier molecular flexibility index (Phi) is 8.14. The number of morpholine rings is 1. The molecular formula is C24H35N5O4S2. The molecule has 0 unspecified atom stereocenters. The molecular weight excluding hydrogens is 486 g/mol. The summed E-state index contributed by atoms with van der Waals surface area (Å²) in [7, 11) is -2.85. The molecule has 2 heterocycles. The number of thiocarbonyl (C=S) groups is 1. The minimum atomic E-state index is -2.85. The normalized spacial score (nSPS) is 20.1. The predicted molar refractivity (Wildman–Crippen MR) is 145 cm³/mol. The number of anilines is 2. The van der Waals surface area contributed by atoms with Crippen LogP contribution in [0.3, 0.4) is 0 Å². The van der Waals surface area contributed by atoms with Crippen molar-refractivity contribution in [2.24, 2.45) is 0 Å². The first kappa shape index (κ1) is 26.1. The molecule has 4 rings (SSSR count). The Morgan fingerprint density at radius 2 is 2.00 bits per heavy atom. The molecule has 11 heteroatoms. The summed E-state index contributed by atoms with van der Waals surface area (Å²) in [5.41, 5.74) is 2.36. The number of aromatic nitrogens is 2. The van der Waals surface area contributed by atoms with Gasteiger partial charge in [-0.05, 0) is 69.1 Å². The van der Waals surface area contributed by atoms with Crippen molar-refractivity contribution in [2.75, 3.05) is 49.4 Å². The maximum absolute atomic E-state index is 10.8. The highest BCUT2D eigenvalue weighted by atomic mass is 32.3. The van der Waals surface area contributed by atoms with Gasteiger partial charge in [-0.2, -0.15) is 10.6 Å². The minimum absolute atomic E-state index is 0.114. The zero-order chi connectivity index (χ0) is 25.1. The molecule has 0 bridgehead atoms. The molecule has 1 saturated heterocycles. The van der Waals surface area contributed by atoms with Gasteiger partial charge >= 0.3 is 0 Å². The summed E-state index contributed by atoms with van der Waals surface area (Å²) in [5, 5.41) is 15.6. The molecule has 1 aromatic carbocycles. The van der Waals surface area contributed by atoms with Crippen molar-refractivity contribution in [3.8, 4) is 11.4 Å². The molecule has 1 atom stereocenters. The minimum Gasteiger partial charge on any atom is -0.396 e. The van der Waals surface area contributed by atoms with Crippen molar-refractivity contribution in [3.63, 3.8) is 0 Å². The fourth-order valence-corrected chi connectivity index (χ4v) is 6.29. The van der Waals surface area contributed by atoms with Gasteiger partial charge in [0.2, 0.25) is 0 Å². The first-order valence-corrected chi connectivity index (χ1v) is 14.3. The molecule has 1 aliphatic carbocycles. The SMILES string of the molecule is C[C@H]1COCCN1c1cc(C2(S(C)(O)O)CCC2)nc(-c2ccc(NC(=S)NCCCO)cc2)n1. The number of rotatable bonds is 8. The number of nitrogens with zero attached hydrogens (tertiary/aromatic N) is 3. The van der Waals surface area contributed by atoms with Gasteiger partial charge in [-0.25, -0.2) is 9.97 Å². The van der Waals surface area contributed by atoms with Crippen LogP contribution >= 0.6 is 22.8 Å². The second-order valence-electron chi connectivity index (χ2n) is 9.27. The van der Waals surface area contributed by atoms with Crippen LogP contribution in [0.1, 0.15) is 38.3 Å². The van der Waals surface area contributed by atoms with Gasteiger partial charge in [-0.3, -0.25) is 9.11 Å². The molecule has 0 spiro atoms. The average Bonchev–Trinajstić information content (AvgIpc) is 2.78. The Bertz CT molecular complexity index is 1030. The number of nitrogens with one attached hydrogen (secondary N) is 2. The van der Waals surface area contributed by atoms with Crippen molar-refractivity contribution >= 4 is 39.4 Å². The van der Waals surface area contributed by atoms with E-state index in [0.717, 1.165) is 30.0 Å². The topological polar surface area (TPSA) is 123 Å². The number of aliphatic hydroxyl groups is 1. The summed E-state index contributed by atoms with van der Waals surface area (Å²) in [5.74, 6) is 1.34. The van der Waals surface area contributed by atoms with E-state index in [-0.39, 0.29) is 12.6 Å². The molecule has 0 radical (unpaired) electrons. The summed E-state index contributed by atoms with van der Waals surface area (Å²) < 4.78 is 26.4. The van der Waals surface area contributed by atoms with E-state index in [9.17, 15) is 9.11 Å². The van der Waals surface area contributed by atoms with Crippen LogP contribution in [0.25, 0.3) is 11.4 Å². The third-order valence-electron chi connectivity index (χ3n) is 6.76. The van der Waals surface area contributed by atoms with Gasteiger partial charge in [0.05, 0.1) is 24.9 Å². The second-order valence-corrected chi connectivity index (χ2v) is 12.1. The number of benzene rings is 1. The Balaban J connectivity index is 1.65. The van der Waals surface area contributed by atoms with E-state index in [2.05, 4.69) is 22.5 Å². The summed E-state index contributed by atoms with van der Waals surface area (Å²) in [4.78, 5) is 12.0. The lowest BCUT2D eigenvalue weighted by molar-refractivity contribution is 0.0985. The second kappa shape index (κ2) is 10.9. The Labute approximate surface area is 213 Å². The monoisotopic (exact) mass is 521 g/mol. The highest BCUT2D eigenvalue weighted by Gasteiger charge is 2.49. The van der Waals surface area contributed by atoms with Crippen molar-refractivity contribution in [1.29, 1.82) is 0 Å². The predicted octanol–water partition coefficient (Wildman–Crippen LogP) is 3.80. The molecule has 2 aromatic rings. The van der Waals surface area contributed by atoms with Gasteiger partial charge in [0.25, 0.3) is 0 Å². The maximum atomic E-state index is 10.8. The molecule has 1 aromatic heterocycles. The van der Waals surface area contributed by atoms with E-state index in [4.69, 9.17) is 32.0 Å². The lowest BCUT2D eigenvalue weighted by Crippen LogP contribution is -2.45. The number of hydrogen-bond donors (Lipinski definition) is 5. The van der Waals surface area contributed by atoms with E-state index in [1.165, 1.54) is 6.26 Å². The first-order valence-electron chi connectivity index (χ1n) is 12.0. The van der Waals surface area contributed by atoms with E-state index in [0.29, 0.717) is 55.7 Å². The van der Waals surface area contributed by atoms with Crippen LogP contribution < -0.4 is 15.5 Å². The van der Waals surface area contributed by atoms with Gasteiger partial charge in [0.1, 0.15) is 10.6 Å². The summed E-state index contributed by atoms with van der Waals surface area (Å²) in [6, 6.07) is 9.78. The first-order chi connectivity index (χ1) is 16.7. The highest BCUT2D eigenvalue weighted by molar-refractivity contribution is 8.24. The van der Waals surface area contributed by atoms with Gasteiger partial charge in [-0.15, -0.1) is 0 Å². The number of aliphatic hydroxyl groups excluding tert-OH is 1. The van der Waals surface area contributed by atoms with Crippen molar-refractivity contribution in [2.45, 2.75) is 43.4 Å². The van der Waals surface area contributed by atoms with Crippen LogP contribution in [0.5, 0.6) is 0 Å². The molecule has 1 saturated carbocycles. The van der Waals surface area contributed by atoms with Crippen LogP contribution in [0, 0.1) is 0 Å². The standard InChI is InChI=1S/C24H35N5O4S2/c1-17-16-33-14-12-29(17)21-15-20(24(9-3-10-24)35(2,31)32)27-22(28-21)18-5-7-19(8-6-18)26-23(34)25-11-4-13-30/h5-8,15,17,30-32H,3-4,9-14,16H2,1-2H3,(H2,25,26,34)/t17-/m0/s1. The fourth-order valence-electron chi connectivity index (χ4n) is 4.51. The van der Waals surface area contributed by atoms with Crippen molar-refractivity contribution < 1.29 is 18.9 Å². The highest BCUT2D eigenvalue weighted by Crippen LogP contribution is 2.65. The van der Waals surface area contributed by atoms with E-state index >= 15 is 0 Å². The summed E-state index contributed by atoms with van der Waals surface area (Å²) >= 11 is 5.30. The van der Waals surface area contributed by atoms with Gasteiger partial charge in [-0.1, -0.05) is 0 Å². The molecule has 9 nitrogen and oxygen atoms in total. The van der Waals surface area contributed by atoms with E-state index in [1.807, 2.05) is 30.3 Å². The van der Waals surface area contributed by atoms with Crippen LogP contribution in [-0.4, -0.2) is 74.5 Å². The van der Waals surface area contributed by atoms with Crippen molar-refractivity contribution in [3.05, 3.63) is 36.0 Å². The van der Waals surface area contributed by atoms with Gasteiger partial charge in [0, 0.05) is 43.3 Å². The van der Waals surface area contributed by atoms with Crippen LogP contribution in [0.4, 0.5) is 11.5 Å². The third-order valence-corrected chi connectivity index (χ3v) is 9.11. The number of hydrogen-bond acceptors (Lipinski definition) is 8. The summed E-state index contributed by atoms with van der Waals surface area (Å²) in [6.45, 7) is 4.78. The third kappa shape index (κ3) is 5.71. The molecule has 0 amide bonds. The molecule has 1 aliphatic heterocycles. The number of ether oxygens (including phenoxy) is 1. The van der Waals surface area contributed by atoms with Gasteiger partial charge in [0.15, 0.2) is 10.9 Å². The summed E-state index contributed by atoms with van der Waals surface area (Å²) in [6.07, 6.45) is 4.50. The van der Waals surface area contributed by atoms with Crippen molar-refractivity contribution in [1.82, 2.24) is 15.3 Å². The van der Waals surface area contributed by atoms with E-state index in [1.54, 1.807) is 0 Å². The van der Waals surface area contributed by atoms with Gasteiger partial charge < -0.3 is 25.4 Å². The van der Waals surface area contributed by atoms with Crippen LogP contribution in [0.15, 0.2) is 30.3 Å². The van der Waals surface area contributed by atoms with E-state index < -0.39 is 15.3 Å². The lowest BCUT2D eigenvalue weighted by Gasteiger charge is -2.53. The molecule has 2 aliphatic rings. The molecule has 2 fully saturated rings.